The Morgan fingerprint density at radius 3 is 1.68 bits per heavy atom. The lowest BCUT2D eigenvalue weighted by Gasteiger charge is -2.40. The summed E-state index contributed by atoms with van der Waals surface area (Å²) < 4.78 is 31.9. The van der Waals surface area contributed by atoms with E-state index in [1.54, 1.807) is 20.0 Å². The summed E-state index contributed by atoms with van der Waals surface area (Å²) in [5, 5.41) is 96.8. The zero-order valence-corrected chi connectivity index (χ0v) is 45.3. The van der Waals surface area contributed by atoms with Crippen molar-refractivity contribution in [2.45, 2.75) is 151 Å². The Balaban J connectivity index is 0.000000672. The van der Waals surface area contributed by atoms with Crippen molar-refractivity contribution in [3.05, 3.63) is 22.3 Å². The molecule has 0 aliphatic carbocycles. The van der Waals surface area contributed by atoms with E-state index < -0.39 is 135 Å². The minimum Gasteiger partial charge on any atom is -0.480 e. The predicted octanol–water partition coefficient (Wildman–Crippen LogP) is -5.52. The van der Waals surface area contributed by atoms with Crippen molar-refractivity contribution < 1.29 is 108 Å². The van der Waals surface area contributed by atoms with E-state index in [-0.39, 0.29) is 76.4 Å². The lowest BCUT2D eigenvalue weighted by atomic mass is 9.97. The van der Waals surface area contributed by atoms with E-state index in [1.807, 2.05) is 0 Å². The Kier molecular flexibility index (Phi) is 37.0. The van der Waals surface area contributed by atoms with Crippen LogP contribution in [0.1, 0.15) is 58.1 Å². The first-order chi connectivity index (χ1) is 38.1. The summed E-state index contributed by atoms with van der Waals surface area (Å²) in [6.07, 6.45) is -5.48. The van der Waals surface area contributed by atoms with E-state index >= 15 is 0 Å². The van der Waals surface area contributed by atoms with Gasteiger partial charge in [-0.3, -0.25) is 49.8 Å². The van der Waals surface area contributed by atoms with Gasteiger partial charge in [0.05, 0.1) is 43.4 Å². The summed E-state index contributed by atoms with van der Waals surface area (Å²) in [4.78, 5) is 92.5. The summed E-state index contributed by atoms with van der Waals surface area (Å²) in [5.41, 5.74) is 19.5. The van der Waals surface area contributed by atoms with Crippen LogP contribution in [0.2, 0.25) is 0 Å². The molecule has 14 atom stereocenters. The number of aliphatic carboxylic acids is 2. The number of aliphatic hydroxyl groups is 6. The van der Waals surface area contributed by atoms with Crippen LogP contribution in [0.25, 0.3) is 10.4 Å². The molecular formula is C44H72N12O22S2. The summed E-state index contributed by atoms with van der Waals surface area (Å²) in [7, 11) is 0. The van der Waals surface area contributed by atoms with Crippen LogP contribution >= 0.6 is 23.5 Å². The molecule has 0 bridgehead atoms. The average molecular weight is 1190 g/mol. The standard InChI is InChI=1S/C22H36N6O11S.C13H19N3O6S.C9H17N3O5/c1-2-14-18(33)19(34)20(35)22(39-14)37-6-5-28-8-12(26-27-28)9-40-10-13(21(36)24-7-17(31)32)25-16(30)4-3-15(23)38-11-29;1-2-5-23-7-9(13(21)15-6-12(19)20)16-11(18)4-3-10(14)22-8-17;1-2-5-6(13)7(14)8(15)9(17-5)16-4-3-11-12-10/h8,11,13-15,18-20,22,33-35H,2-7,9-10,23H2,1H3,(H,24,36)(H,25,30)(H,31,32);1,8-10H,3-7,14H2,(H,15,21)(H,16,18)(H,19,20);5-9,13-15H,2-4H2,1H3/t13-,14?,15+,18+,19-,20?,22+;9-,10+;5?,6-,7+,8?,9-/m001/s1. The highest BCUT2D eigenvalue weighted by Crippen LogP contribution is 2.25. The summed E-state index contributed by atoms with van der Waals surface area (Å²) in [6, 6.07) is -1.98. The first kappa shape index (κ1) is 72.0. The number of carbonyl (C=O) groups excluding carboxylic acids is 6. The number of nitrogens with two attached hydrogens (primary N) is 2. The molecule has 2 aliphatic heterocycles. The number of azide groups is 1. The molecule has 452 valence electrons. The molecule has 4 amide bonds. The third-order valence-electron chi connectivity index (χ3n) is 10.8. The number of nitrogens with zero attached hydrogens (tertiary/aromatic N) is 6. The second-order valence-corrected chi connectivity index (χ2v) is 18.9. The van der Waals surface area contributed by atoms with Gasteiger partial charge in [0.25, 0.3) is 12.9 Å². The molecule has 2 aliphatic rings. The van der Waals surface area contributed by atoms with Crippen molar-refractivity contribution in [3.8, 4) is 12.3 Å². The van der Waals surface area contributed by atoms with E-state index in [9.17, 15) is 69.0 Å². The third kappa shape index (κ3) is 28.9. The quantitative estimate of drug-likeness (QED) is 0.00573. The molecule has 0 radical (unpaired) electrons. The van der Waals surface area contributed by atoms with E-state index in [0.29, 0.717) is 30.0 Å². The van der Waals surface area contributed by atoms with Gasteiger partial charge in [0.1, 0.15) is 61.8 Å². The normalized spacial score (nSPS) is 23.6. The average Bonchev–Trinajstić information content (AvgIpc) is 3.88. The van der Waals surface area contributed by atoms with Crippen molar-refractivity contribution in [1.29, 1.82) is 0 Å². The molecule has 36 heteroatoms. The molecule has 0 spiro atoms. The van der Waals surface area contributed by atoms with Crippen LogP contribution in [-0.2, 0) is 79.1 Å². The topological polar surface area (TPSA) is 533 Å². The molecule has 0 saturated carbocycles. The Labute approximate surface area is 466 Å². The number of carboxylic acids is 2. The molecule has 2 fully saturated rings. The molecule has 2 saturated heterocycles. The Bertz CT molecular complexity index is 2140. The van der Waals surface area contributed by atoms with Crippen molar-refractivity contribution in [1.82, 2.24) is 36.3 Å². The van der Waals surface area contributed by atoms with Crippen LogP contribution in [0.15, 0.2) is 11.3 Å². The van der Waals surface area contributed by atoms with Gasteiger partial charge in [-0.25, -0.2) is 4.68 Å². The van der Waals surface area contributed by atoms with Crippen LogP contribution in [0.5, 0.6) is 0 Å². The first-order valence-corrected chi connectivity index (χ1v) is 26.8. The number of hydrogen-bond acceptors (Lipinski definition) is 27. The van der Waals surface area contributed by atoms with E-state index in [1.165, 1.54) is 28.2 Å². The summed E-state index contributed by atoms with van der Waals surface area (Å²) >= 11 is 2.49. The van der Waals surface area contributed by atoms with Crippen molar-refractivity contribution in [2.24, 2.45) is 16.6 Å². The smallest absolute Gasteiger partial charge is 0.322 e. The zero-order chi connectivity index (χ0) is 60.2. The van der Waals surface area contributed by atoms with Gasteiger partial charge in [0.2, 0.25) is 23.6 Å². The van der Waals surface area contributed by atoms with Crippen LogP contribution in [0.4, 0.5) is 0 Å². The minimum atomic E-state index is -1.41. The Hall–Kier alpha value is -6.01. The van der Waals surface area contributed by atoms with Crippen molar-refractivity contribution in [3.63, 3.8) is 0 Å². The second kappa shape index (κ2) is 41.1. The number of carboxylic acid groups (broad SMARTS) is 2. The van der Waals surface area contributed by atoms with Crippen LogP contribution in [0, 0.1) is 12.3 Å². The number of aromatic nitrogens is 3. The third-order valence-corrected chi connectivity index (χ3v) is 12.8. The largest absolute Gasteiger partial charge is 0.480 e. The number of aliphatic hydroxyl groups excluding tert-OH is 6. The number of amides is 4. The molecule has 0 aromatic carbocycles. The first-order valence-electron chi connectivity index (χ1n) is 24.5. The maximum Gasteiger partial charge on any atom is 0.322 e. The van der Waals surface area contributed by atoms with Gasteiger partial charge in [-0.05, 0) is 18.4 Å². The zero-order valence-electron chi connectivity index (χ0n) is 43.7. The molecular weight excluding hydrogens is 1110 g/mol. The molecule has 4 unspecified atom stereocenters. The van der Waals surface area contributed by atoms with Crippen LogP contribution in [0.3, 0.4) is 0 Å². The highest BCUT2D eigenvalue weighted by molar-refractivity contribution is 7.99. The lowest BCUT2D eigenvalue weighted by Crippen LogP contribution is -2.58. The molecule has 34 nitrogen and oxygen atoms in total. The highest BCUT2D eigenvalue weighted by atomic mass is 32.2. The number of nitrogens with one attached hydrogen (secondary N) is 4. The van der Waals surface area contributed by atoms with Gasteiger partial charge >= 0.3 is 11.9 Å². The van der Waals surface area contributed by atoms with Crippen LogP contribution < -0.4 is 32.7 Å². The molecule has 1 aromatic heterocycles. The summed E-state index contributed by atoms with van der Waals surface area (Å²) in [6.45, 7) is 3.22. The number of ether oxygens (including phenoxy) is 6. The molecule has 3 rings (SSSR count). The molecule has 80 heavy (non-hydrogen) atoms. The monoisotopic (exact) mass is 1180 g/mol. The van der Waals surface area contributed by atoms with E-state index in [0.717, 1.165) is 0 Å². The fourth-order valence-corrected chi connectivity index (χ4v) is 8.26. The molecule has 3 heterocycles. The SMILES string of the molecule is C#CCSC[C@H](NC(=O)CC[C@H](N)OC=O)C(=O)NCC(=O)O.CCC1O[C@@H](OCCN=[N+]=[N-])C(O)[C@@H](O)[C@@H]1O.CCC1O[C@@H](OCCn2cc(CSC[C@H](NC(=O)CC[C@H](N)OC=O)C(=O)NCC(=O)O)nn2)C(O)[C@@H](O)[C@@H]1O. The van der Waals surface area contributed by atoms with Gasteiger partial charge in [0, 0.05) is 60.6 Å². The predicted molar refractivity (Wildman–Crippen MR) is 276 cm³/mol. The maximum absolute atomic E-state index is 12.4. The number of carbonyl (C=O) groups is 8. The van der Waals surface area contributed by atoms with Gasteiger partial charge in [-0.2, -0.15) is 11.8 Å². The van der Waals surface area contributed by atoms with Crippen LogP contribution in [-0.4, -0.2) is 240 Å². The van der Waals surface area contributed by atoms with E-state index in [2.05, 4.69) is 57.0 Å². The van der Waals surface area contributed by atoms with Gasteiger partial charge in [0.15, 0.2) is 25.0 Å². The maximum atomic E-state index is 12.4. The fraction of sp³-hybridized carbons (Fsp3) is 0.727. The lowest BCUT2D eigenvalue weighted by molar-refractivity contribution is -0.297. The number of rotatable bonds is 35. The van der Waals surface area contributed by atoms with Gasteiger partial charge < -0.3 is 90.5 Å². The highest BCUT2D eigenvalue weighted by Gasteiger charge is 2.44. The summed E-state index contributed by atoms with van der Waals surface area (Å²) in [5.74, 6) is -1.45. The minimum absolute atomic E-state index is 0.0293. The van der Waals surface area contributed by atoms with Gasteiger partial charge in [-0.15, -0.1) is 23.3 Å². The van der Waals surface area contributed by atoms with Crippen molar-refractivity contribution in [2.75, 3.05) is 50.1 Å². The number of terminal acetylenes is 1. The number of hydrogen-bond donors (Lipinski definition) is 14. The second-order valence-electron chi connectivity index (χ2n) is 16.8. The Morgan fingerprint density at radius 2 is 1.25 bits per heavy atom. The van der Waals surface area contributed by atoms with Crippen molar-refractivity contribution >= 4 is 72.0 Å². The number of thioether (sulfide) groups is 2. The molecule has 1 aromatic rings. The molecule has 16 N–H and O–H groups in total. The Morgan fingerprint density at radius 1 is 0.787 bits per heavy atom. The van der Waals surface area contributed by atoms with E-state index in [4.69, 9.17) is 52.6 Å². The van der Waals surface area contributed by atoms with Gasteiger partial charge in [-0.1, -0.05) is 30.1 Å². The fourth-order valence-electron chi connectivity index (χ4n) is 6.63.